The van der Waals surface area contributed by atoms with E-state index in [9.17, 15) is 18.0 Å². The maximum Gasteiger partial charge on any atom is 0.328 e. The lowest BCUT2D eigenvalue weighted by Gasteiger charge is -2.34. The Labute approximate surface area is 99.3 Å². The maximum absolute atomic E-state index is 11.9. The molecule has 1 fully saturated rings. The van der Waals surface area contributed by atoms with E-state index in [0.29, 0.717) is 0 Å². The normalized spacial score (nSPS) is 23.2. The SMILES string of the molecule is CC(C(=O)N1CCOCC1C(=O)O)S(C)(=O)=O. The number of amides is 1. The molecule has 2 unspecified atom stereocenters. The van der Waals surface area contributed by atoms with E-state index in [1.165, 1.54) is 6.92 Å². The molecule has 0 saturated carbocycles. The molecule has 0 aromatic heterocycles. The summed E-state index contributed by atoms with van der Waals surface area (Å²) >= 11 is 0. The van der Waals surface area contributed by atoms with Gasteiger partial charge in [-0.2, -0.15) is 0 Å². The second kappa shape index (κ2) is 5.01. The van der Waals surface area contributed by atoms with Gasteiger partial charge in [0.15, 0.2) is 15.9 Å². The van der Waals surface area contributed by atoms with Gasteiger partial charge in [0.05, 0.1) is 13.2 Å². The molecule has 98 valence electrons. The van der Waals surface area contributed by atoms with Gasteiger partial charge in [-0.25, -0.2) is 13.2 Å². The fourth-order valence-corrected chi connectivity index (χ4v) is 1.99. The Kier molecular flexibility index (Phi) is 4.10. The number of carboxylic acid groups (broad SMARTS) is 1. The van der Waals surface area contributed by atoms with Crippen LogP contribution in [-0.2, 0) is 24.2 Å². The van der Waals surface area contributed by atoms with Gasteiger partial charge in [-0.15, -0.1) is 0 Å². The van der Waals surface area contributed by atoms with E-state index in [2.05, 4.69) is 0 Å². The Morgan fingerprint density at radius 3 is 2.53 bits per heavy atom. The van der Waals surface area contributed by atoms with Crippen LogP contribution in [0.25, 0.3) is 0 Å². The van der Waals surface area contributed by atoms with Crippen molar-refractivity contribution >= 4 is 21.7 Å². The predicted octanol–water partition coefficient (Wildman–Crippen LogP) is -1.27. The van der Waals surface area contributed by atoms with Crippen molar-refractivity contribution in [3.05, 3.63) is 0 Å². The van der Waals surface area contributed by atoms with Gasteiger partial charge in [0.1, 0.15) is 5.25 Å². The van der Waals surface area contributed by atoms with Crippen molar-refractivity contribution in [2.24, 2.45) is 0 Å². The molecule has 0 radical (unpaired) electrons. The number of rotatable bonds is 3. The molecule has 0 bridgehead atoms. The molecule has 2 atom stereocenters. The zero-order valence-corrected chi connectivity index (χ0v) is 10.4. The molecule has 8 heteroatoms. The summed E-state index contributed by atoms with van der Waals surface area (Å²) in [6.07, 6.45) is 0.950. The predicted molar refractivity (Wildman–Crippen MR) is 58.3 cm³/mol. The van der Waals surface area contributed by atoms with Crippen LogP contribution in [0.5, 0.6) is 0 Å². The first-order valence-corrected chi connectivity index (χ1v) is 7.00. The Balaban J connectivity index is 2.89. The highest BCUT2D eigenvalue weighted by molar-refractivity contribution is 7.92. The number of hydrogen-bond donors (Lipinski definition) is 1. The Morgan fingerprint density at radius 1 is 1.47 bits per heavy atom. The number of carbonyl (C=O) groups excluding carboxylic acids is 1. The number of carbonyl (C=O) groups is 2. The first-order valence-electron chi connectivity index (χ1n) is 5.05. The molecule has 1 rings (SSSR count). The van der Waals surface area contributed by atoms with Crippen molar-refractivity contribution in [2.75, 3.05) is 26.0 Å². The van der Waals surface area contributed by atoms with Crippen LogP contribution in [0.15, 0.2) is 0 Å². The van der Waals surface area contributed by atoms with E-state index in [-0.39, 0.29) is 19.8 Å². The highest BCUT2D eigenvalue weighted by Gasteiger charge is 2.37. The third kappa shape index (κ3) is 3.16. The molecule has 1 aliphatic heterocycles. The summed E-state index contributed by atoms with van der Waals surface area (Å²) in [4.78, 5) is 23.9. The largest absolute Gasteiger partial charge is 0.480 e. The van der Waals surface area contributed by atoms with E-state index >= 15 is 0 Å². The first-order chi connectivity index (χ1) is 7.75. The van der Waals surface area contributed by atoms with Crippen molar-refractivity contribution in [3.8, 4) is 0 Å². The summed E-state index contributed by atoms with van der Waals surface area (Å²) < 4.78 is 27.5. The average molecular weight is 265 g/mol. The van der Waals surface area contributed by atoms with Gasteiger partial charge >= 0.3 is 5.97 Å². The van der Waals surface area contributed by atoms with Crippen LogP contribution in [0, 0.1) is 0 Å². The number of hydrogen-bond acceptors (Lipinski definition) is 5. The van der Waals surface area contributed by atoms with Crippen molar-refractivity contribution in [1.29, 1.82) is 0 Å². The van der Waals surface area contributed by atoms with Crippen LogP contribution in [0.3, 0.4) is 0 Å². The minimum Gasteiger partial charge on any atom is -0.480 e. The van der Waals surface area contributed by atoms with Gasteiger partial charge in [0, 0.05) is 12.8 Å². The number of morpholine rings is 1. The number of aliphatic carboxylic acids is 1. The topological polar surface area (TPSA) is 101 Å². The number of sulfone groups is 1. The molecule has 1 aliphatic rings. The van der Waals surface area contributed by atoms with Gasteiger partial charge in [-0.3, -0.25) is 4.79 Å². The van der Waals surface area contributed by atoms with Gasteiger partial charge in [-0.1, -0.05) is 0 Å². The molecule has 0 aromatic carbocycles. The Morgan fingerprint density at radius 2 is 2.06 bits per heavy atom. The summed E-state index contributed by atoms with van der Waals surface area (Å²) in [7, 11) is -3.53. The van der Waals surface area contributed by atoms with Crippen LogP contribution in [0.4, 0.5) is 0 Å². The minimum absolute atomic E-state index is 0.0929. The highest BCUT2D eigenvalue weighted by Crippen LogP contribution is 2.12. The van der Waals surface area contributed by atoms with E-state index in [0.717, 1.165) is 11.2 Å². The summed E-state index contributed by atoms with van der Waals surface area (Å²) in [6.45, 7) is 1.45. The van der Waals surface area contributed by atoms with Gasteiger partial charge < -0.3 is 14.7 Å². The van der Waals surface area contributed by atoms with E-state index in [1.54, 1.807) is 0 Å². The molecule has 0 aliphatic carbocycles. The summed E-state index contributed by atoms with van der Waals surface area (Å²) in [6, 6.07) is -1.11. The molecule has 1 amide bonds. The molecule has 1 N–H and O–H groups in total. The standard InChI is InChI=1S/C9H15NO6S/c1-6(17(2,14)15)8(11)10-3-4-16-5-7(10)9(12)13/h6-7H,3-5H2,1-2H3,(H,12,13). The smallest absolute Gasteiger partial charge is 0.328 e. The molecule has 17 heavy (non-hydrogen) atoms. The summed E-state index contributed by atoms with van der Waals surface area (Å²) in [5, 5.41) is 7.68. The van der Waals surface area contributed by atoms with E-state index in [1.807, 2.05) is 0 Å². The molecule has 1 heterocycles. The molecular formula is C9H15NO6S. The minimum atomic E-state index is -3.53. The third-order valence-corrected chi connectivity index (χ3v) is 4.17. The number of nitrogens with zero attached hydrogens (tertiary/aromatic N) is 1. The number of carboxylic acids is 1. The van der Waals surface area contributed by atoms with Gasteiger partial charge in [-0.05, 0) is 6.92 Å². The van der Waals surface area contributed by atoms with Crippen LogP contribution in [0.1, 0.15) is 6.92 Å². The first kappa shape index (κ1) is 13.9. The van der Waals surface area contributed by atoms with Crippen molar-refractivity contribution in [2.45, 2.75) is 18.2 Å². The third-order valence-electron chi connectivity index (χ3n) is 2.69. The van der Waals surface area contributed by atoms with Crippen molar-refractivity contribution in [3.63, 3.8) is 0 Å². The Hall–Kier alpha value is -1.15. The summed E-state index contributed by atoms with van der Waals surface area (Å²) in [5.41, 5.74) is 0. The van der Waals surface area contributed by atoms with Gasteiger partial charge in [0.25, 0.3) is 0 Å². The molecule has 7 nitrogen and oxygen atoms in total. The zero-order chi connectivity index (χ0) is 13.2. The van der Waals surface area contributed by atoms with Crippen LogP contribution in [0.2, 0.25) is 0 Å². The summed E-state index contributed by atoms with van der Waals surface area (Å²) in [5.74, 6) is -1.89. The lowest BCUT2D eigenvalue weighted by Crippen LogP contribution is -2.55. The fourth-order valence-electron chi connectivity index (χ4n) is 1.49. The lowest BCUT2D eigenvalue weighted by atomic mass is 10.2. The molecular weight excluding hydrogens is 250 g/mol. The molecule has 1 saturated heterocycles. The number of ether oxygens (including phenoxy) is 1. The quantitative estimate of drug-likeness (QED) is 0.683. The van der Waals surface area contributed by atoms with Crippen molar-refractivity contribution in [1.82, 2.24) is 4.90 Å². The highest BCUT2D eigenvalue weighted by atomic mass is 32.2. The lowest BCUT2D eigenvalue weighted by molar-refractivity contribution is -0.157. The zero-order valence-electron chi connectivity index (χ0n) is 9.62. The van der Waals surface area contributed by atoms with Gasteiger partial charge in [0.2, 0.25) is 5.91 Å². The maximum atomic E-state index is 11.9. The average Bonchev–Trinajstić information content (AvgIpc) is 2.25. The molecule has 0 spiro atoms. The van der Waals surface area contributed by atoms with E-state index < -0.39 is 33.0 Å². The monoisotopic (exact) mass is 265 g/mol. The van der Waals surface area contributed by atoms with E-state index in [4.69, 9.17) is 9.84 Å². The van der Waals surface area contributed by atoms with Crippen LogP contribution >= 0.6 is 0 Å². The fraction of sp³-hybridized carbons (Fsp3) is 0.778. The van der Waals surface area contributed by atoms with Crippen molar-refractivity contribution < 1.29 is 27.9 Å². The van der Waals surface area contributed by atoms with Crippen LogP contribution in [-0.4, -0.2) is 67.6 Å². The second-order valence-corrected chi connectivity index (χ2v) is 6.30. The Bertz CT molecular complexity index is 417. The van der Waals surface area contributed by atoms with Crippen LogP contribution < -0.4 is 0 Å². The molecule has 0 aromatic rings. The second-order valence-electron chi connectivity index (χ2n) is 3.93.